The summed E-state index contributed by atoms with van der Waals surface area (Å²) in [5, 5.41) is 10.8. The summed E-state index contributed by atoms with van der Waals surface area (Å²) in [5.41, 5.74) is 1.29. The van der Waals surface area contributed by atoms with E-state index in [-0.39, 0.29) is 23.2 Å². The van der Waals surface area contributed by atoms with Crippen LogP contribution in [0, 0.1) is 11.0 Å². The lowest BCUT2D eigenvalue weighted by molar-refractivity contribution is -0.497. The van der Waals surface area contributed by atoms with E-state index in [1.807, 2.05) is 0 Å². The zero-order valence-electron chi connectivity index (χ0n) is 11.5. The minimum Gasteiger partial charge on any atom is -0.630 e. The molecule has 0 fully saturated rings. The van der Waals surface area contributed by atoms with Crippen LogP contribution < -0.4 is 15.1 Å². The van der Waals surface area contributed by atoms with Crippen LogP contribution in [0.1, 0.15) is 6.92 Å². The van der Waals surface area contributed by atoms with E-state index in [1.54, 1.807) is 0 Å². The molecule has 0 bridgehead atoms. The van der Waals surface area contributed by atoms with Gasteiger partial charge in [-0.25, -0.2) is 9.37 Å². The molecule has 0 unspecified atom stereocenters. The number of pyridine rings is 1. The number of carbonyl (C=O) groups excluding carboxylic acids is 1. The zero-order valence-corrected chi connectivity index (χ0v) is 11.5. The Hall–Kier alpha value is -2.51. The molecule has 1 aromatic carbocycles. The number of benzene rings is 1. The lowest BCUT2D eigenvalue weighted by atomic mass is 10.2. The number of nitrogens with two attached hydrogens (primary N) is 1. The Balaban J connectivity index is 2.53. The molecule has 0 aliphatic rings. The van der Waals surface area contributed by atoms with Gasteiger partial charge in [-0.1, -0.05) is 0 Å². The first-order valence-electron chi connectivity index (χ1n) is 6.11. The van der Waals surface area contributed by atoms with Crippen LogP contribution in [0.3, 0.4) is 0 Å². The Morgan fingerprint density at radius 3 is 2.76 bits per heavy atom. The number of nitrogens with zero attached hydrogens (tertiary/aromatic N) is 2. The van der Waals surface area contributed by atoms with Crippen molar-refractivity contribution >= 4 is 23.1 Å². The standard InChI is InChI=1S/C14H14FN3O3/c1-9(19)18(14-7-11(17-20)3-4-16-14)12-5-10(15)6-13(8-12)21-2/h3-8H,17H2,1-2H3. The first-order valence-corrected chi connectivity index (χ1v) is 6.11. The fourth-order valence-electron chi connectivity index (χ4n) is 1.90. The van der Waals surface area contributed by atoms with Crippen molar-refractivity contribution in [3.63, 3.8) is 0 Å². The maximum Gasteiger partial charge on any atom is 0.229 e. The van der Waals surface area contributed by atoms with Crippen LogP contribution >= 0.6 is 0 Å². The van der Waals surface area contributed by atoms with Gasteiger partial charge >= 0.3 is 0 Å². The molecule has 0 aliphatic carbocycles. The Kier molecular flexibility index (Phi) is 4.46. The molecule has 0 spiro atoms. The van der Waals surface area contributed by atoms with Crippen molar-refractivity contribution in [2.24, 2.45) is 0 Å². The lowest BCUT2D eigenvalue weighted by Gasteiger charge is -2.21. The molecule has 1 aromatic heterocycles. The predicted molar refractivity (Wildman–Crippen MR) is 75.0 cm³/mol. The van der Waals surface area contributed by atoms with Gasteiger partial charge in [-0.3, -0.25) is 9.69 Å². The number of aromatic nitrogens is 1. The summed E-state index contributed by atoms with van der Waals surface area (Å²) in [6, 6.07) is 6.88. The molecule has 0 radical (unpaired) electrons. The first-order chi connectivity index (χ1) is 10.0. The van der Waals surface area contributed by atoms with E-state index in [1.165, 1.54) is 55.5 Å². The molecule has 21 heavy (non-hydrogen) atoms. The summed E-state index contributed by atoms with van der Waals surface area (Å²) >= 11 is 0. The number of rotatable bonds is 4. The number of halogens is 1. The van der Waals surface area contributed by atoms with Gasteiger partial charge in [0.25, 0.3) is 0 Å². The predicted octanol–water partition coefficient (Wildman–Crippen LogP) is 1.61. The van der Waals surface area contributed by atoms with Gasteiger partial charge in [0.05, 0.1) is 12.8 Å². The number of anilines is 2. The van der Waals surface area contributed by atoms with E-state index in [0.29, 0.717) is 11.2 Å². The van der Waals surface area contributed by atoms with Gasteiger partial charge in [0.2, 0.25) is 5.91 Å². The number of carbonyl (C=O) groups is 1. The Morgan fingerprint density at radius 1 is 1.38 bits per heavy atom. The maximum atomic E-state index is 13.6. The van der Waals surface area contributed by atoms with Gasteiger partial charge in [-0.2, -0.15) is 0 Å². The molecule has 0 aliphatic heterocycles. The third kappa shape index (κ3) is 3.33. The van der Waals surface area contributed by atoms with Crippen LogP contribution in [0.25, 0.3) is 0 Å². The molecule has 1 heterocycles. The minimum atomic E-state index is -0.540. The fraction of sp³-hybridized carbons (Fsp3) is 0.143. The average Bonchev–Trinajstić information content (AvgIpc) is 2.46. The molecule has 6 nitrogen and oxygen atoms in total. The molecule has 0 atom stereocenters. The van der Waals surface area contributed by atoms with Crippen LogP contribution in [0.4, 0.5) is 21.6 Å². The Morgan fingerprint density at radius 2 is 2.14 bits per heavy atom. The summed E-state index contributed by atoms with van der Waals surface area (Å²) in [6.07, 6.45) is 1.41. The molecule has 7 heteroatoms. The topological polar surface area (TPSA) is 82.1 Å². The molecule has 110 valence electrons. The van der Waals surface area contributed by atoms with Crippen LogP contribution in [0.2, 0.25) is 0 Å². The number of amides is 1. The third-order valence-electron chi connectivity index (χ3n) is 2.80. The van der Waals surface area contributed by atoms with Crippen molar-refractivity contribution in [2.75, 3.05) is 12.0 Å². The second kappa shape index (κ2) is 6.29. The van der Waals surface area contributed by atoms with Crippen molar-refractivity contribution < 1.29 is 19.4 Å². The van der Waals surface area contributed by atoms with Gasteiger partial charge in [0, 0.05) is 37.4 Å². The largest absolute Gasteiger partial charge is 0.630 e. The number of hydrogen-bond acceptors (Lipinski definition) is 4. The highest BCUT2D eigenvalue weighted by Gasteiger charge is 2.18. The molecule has 1 amide bonds. The molecular weight excluding hydrogens is 277 g/mol. The van der Waals surface area contributed by atoms with Gasteiger partial charge in [0.15, 0.2) is 0 Å². The second-order valence-electron chi connectivity index (χ2n) is 4.27. The zero-order chi connectivity index (χ0) is 15.4. The molecule has 0 saturated carbocycles. The van der Waals surface area contributed by atoms with Gasteiger partial charge in [-0.15, -0.1) is 0 Å². The molecule has 2 N–H and O–H groups in total. The van der Waals surface area contributed by atoms with E-state index in [4.69, 9.17) is 4.74 Å². The van der Waals surface area contributed by atoms with Crippen molar-refractivity contribution in [1.82, 2.24) is 4.98 Å². The lowest BCUT2D eigenvalue weighted by Crippen LogP contribution is -2.70. The van der Waals surface area contributed by atoms with Crippen LogP contribution in [0.5, 0.6) is 5.75 Å². The minimum absolute atomic E-state index is 0.236. The number of ether oxygens (including phenoxy) is 1. The Bertz CT molecular complexity index is 664. The van der Waals surface area contributed by atoms with E-state index in [2.05, 4.69) is 4.98 Å². The first kappa shape index (κ1) is 14.9. The third-order valence-corrected chi connectivity index (χ3v) is 2.80. The number of hydrogen-bond donors (Lipinski definition) is 1. The number of methoxy groups -OCH3 is 1. The Labute approximate surface area is 120 Å². The highest BCUT2D eigenvalue weighted by atomic mass is 19.1. The monoisotopic (exact) mass is 291 g/mol. The van der Waals surface area contributed by atoms with Crippen LogP contribution in [0.15, 0.2) is 36.5 Å². The average molecular weight is 291 g/mol. The van der Waals surface area contributed by atoms with Crippen molar-refractivity contribution in [2.45, 2.75) is 6.92 Å². The van der Waals surface area contributed by atoms with E-state index in [9.17, 15) is 14.4 Å². The van der Waals surface area contributed by atoms with E-state index >= 15 is 0 Å². The maximum absolute atomic E-state index is 13.6. The van der Waals surface area contributed by atoms with Crippen LogP contribution in [-0.2, 0) is 4.79 Å². The summed E-state index contributed by atoms with van der Waals surface area (Å²) in [6.45, 7) is 1.33. The van der Waals surface area contributed by atoms with E-state index < -0.39 is 5.82 Å². The SMILES string of the molecule is COc1cc(F)cc(N(C(C)=O)c2cc([NH2+][O-])ccn2)c1. The number of quaternary nitrogens is 1. The summed E-state index contributed by atoms with van der Waals surface area (Å²) in [7, 11) is 1.40. The molecule has 2 rings (SSSR count). The highest BCUT2D eigenvalue weighted by Crippen LogP contribution is 2.29. The van der Waals surface area contributed by atoms with Gasteiger partial charge in [0.1, 0.15) is 23.1 Å². The summed E-state index contributed by atoms with van der Waals surface area (Å²) < 4.78 is 18.6. The smallest absolute Gasteiger partial charge is 0.229 e. The van der Waals surface area contributed by atoms with Crippen LogP contribution in [-0.4, -0.2) is 18.0 Å². The second-order valence-corrected chi connectivity index (χ2v) is 4.27. The van der Waals surface area contributed by atoms with E-state index in [0.717, 1.165) is 0 Å². The van der Waals surface area contributed by atoms with Gasteiger partial charge in [-0.05, 0) is 6.07 Å². The molecule has 2 aromatic rings. The van der Waals surface area contributed by atoms with Gasteiger partial charge < -0.3 is 15.4 Å². The summed E-state index contributed by atoms with van der Waals surface area (Å²) in [5.74, 6) is -0.386. The molecular formula is C14H14FN3O3. The fourth-order valence-corrected chi connectivity index (χ4v) is 1.90. The normalized spacial score (nSPS) is 10.3. The van der Waals surface area contributed by atoms with Crippen molar-refractivity contribution in [1.29, 1.82) is 0 Å². The summed E-state index contributed by atoms with van der Waals surface area (Å²) in [4.78, 5) is 17.2. The molecule has 0 saturated heterocycles. The highest BCUT2D eigenvalue weighted by molar-refractivity contribution is 5.98. The quantitative estimate of drug-likeness (QED) is 0.867. The van der Waals surface area contributed by atoms with Crippen molar-refractivity contribution in [3.8, 4) is 5.75 Å². The van der Waals surface area contributed by atoms with Crippen molar-refractivity contribution in [3.05, 3.63) is 47.6 Å².